The lowest BCUT2D eigenvalue weighted by molar-refractivity contribution is -0.180. The van der Waals surface area contributed by atoms with Crippen LogP contribution in [0.1, 0.15) is 33.6 Å². The standard InChI is InChI=1S/C18H13F4N5O2.C18H11F4N5O2.C14H12FN5O.C4H3F3O2/c2*19-12-4-2-1-3-10(12)9-27-15(13-5-6-29-26-13)7-14(25-27)16-23-8-11(17(28)24-16)18(20,21)22;15-10-4-2-1-3-9(10)8-20-13(11-5-6-21-19-11)7-12(18-20)14(16)17;1-2(3(8)9)4(5,6)7/h1-7,11H,8-9H2,(H,23,24,28);1-8H,9H2,(H,23,24,28);1-7H,8H2,(H3,16,17);1H2,(H,8,9). The van der Waals surface area contributed by atoms with Crippen LogP contribution < -0.4 is 16.6 Å². The zero-order chi connectivity index (χ0) is 63.7. The molecule has 1 unspecified atom stereocenters. The van der Waals surface area contributed by atoms with Gasteiger partial charge in [-0.05, 0) is 36.4 Å². The normalized spacial score (nSPS) is 13.2. The number of carbonyl (C=O) groups is 2. The summed E-state index contributed by atoms with van der Waals surface area (Å²) < 4.78 is 171. The number of carboxylic acid groups (broad SMARTS) is 1. The molecule has 11 rings (SSSR count). The molecular formula is C54H39F12N15O7. The van der Waals surface area contributed by atoms with Gasteiger partial charge in [0, 0.05) is 41.1 Å². The Labute approximate surface area is 483 Å². The van der Waals surface area contributed by atoms with Crippen LogP contribution in [0.15, 0.2) is 170 Å². The maximum atomic E-state index is 14.1. The molecule has 1 aliphatic heterocycles. The zero-order valence-electron chi connectivity index (χ0n) is 44.2. The van der Waals surface area contributed by atoms with Crippen molar-refractivity contribution in [2.45, 2.75) is 38.2 Å². The predicted octanol–water partition coefficient (Wildman–Crippen LogP) is 9.47. The third kappa shape index (κ3) is 15.4. The fraction of sp³-hybridized carbons (Fsp3) is 0.148. The summed E-state index contributed by atoms with van der Waals surface area (Å²) >= 11 is 0. The first-order chi connectivity index (χ1) is 41.7. The minimum Gasteiger partial charge on any atom is -0.478 e. The maximum Gasteiger partial charge on any atom is 0.423 e. The molecule has 22 nitrogen and oxygen atoms in total. The Bertz CT molecular complexity index is 4190. The van der Waals surface area contributed by atoms with E-state index in [0.717, 1.165) is 0 Å². The molecule has 0 radical (unpaired) electrons. The summed E-state index contributed by atoms with van der Waals surface area (Å²) in [6, 6.07) is 28.0. The molecule has 456 valence electrons. The first-order valence-corrected chi connectivity index (χ1v) is 24.7. The summed E-state index contributed by atoms with van der Waals surface area (Å²) in [5.74, 6) is -7.06. The smallest absolute Gasteiger partial charge is 0.423 e. The van der Waals surface area contributed by atoms with Gasteiger partial charge in [0.1, 0.15) is 87.4 Å². The molecule has 0 aliphatic carbocycles. The summed E-state index contributed by atoms with van der Waals surface area (Å²) in [6.07, 6.45) is -9.78. The molecule has 3 aromatic carbocycles. The number of nitrogen functional groups attached to an aromatic ring is 1. The number of nitrogens with zero attached hydrogens (tertiary/aromatic N) is 11. The van der Waals surface area contributed by atoms with E-state index in [1.54, 1.807) is 83.5 Å². The number of aromatic nitrogens is 11. The topological polar surface area (TPSA) is 306 Å². The van der Waals surface area contributed by atoms with Crippen molar-refractivity contribution in [2.75, 3.05) is 6.54 Å². The molecule has 0 saturated carbocycles. The molecule has 8 heterocycles. The largest absolute Gasteiger partial charge is 0.478 e. The number of nitrogens with two attached hydrogens (primary N) is 1. The highest BCUT2D eigenvalue weighted by Crippen LogP contribution is 2.31. The van der Waals surface area contributed by atoms with Crippen molar-refractivity contribution in [3.8, 4) is 45.7 Å². The number of benzene rings is 3. The number of rotatable bonds is 13. The van der Waals surface area contributed by atoms with Crippen LogP contribution >= 0.6 is 0 Å². The third-order valence-corrected chi connectivity index (χ3v) is 12.1. The molecule has 0 spiro atoms. The molecule has 6 N–H and O–H groups in total. The van der Waals surface area contributed by atoms with E-state index in [-0.39, 0.29) is 54.3 Å². The summed E-state index contributed by atoms with van der Waals surface area (Å²) in [5, 5.41) is 41.6. The van der Waals surface area contributed by atoms with E-state index in [2.05, 4.69) is 57.6 Å². The molecule has 10 aromatic rings. The first-order valence-electron chi connectivity index (χ1n) is 24.7. The second kappa shape index (κ2) is 26.4. The number of H-pyrrole nitrogens is 1. The van der Waals surface area contributed by atoms with Gasteiger partial charge in [-0.3, -0.25) is 34.0 Å². The van der Waals surface area contributed by atoms with E-state index in [0.29, 0.717) is 62.7 Å². The Balaban J connectivity index is 0.000000161. The average Bonchev–Trinajstić information content (AvgIpc) is 3.18. The van der Waals surface area contributed by atoms with Gasteiger partial charge in [0.05, 0.1) is 43.3 Å². The van der Waals surface area contributed by atoms with Crippen LogP contribution in [0.4, 0.5) is 52.7 Å². The second-order valence-electron chi connectivity index (χ2n) is 18.1. The van der Waals surface area contributed by atoms with E-state index >= 15 is 0 Å². The SMILES string of the molecule is C=C(C(=O)O)C(F)(F)F.N=C(N)c1cc(-c2ccon2)n(Cc2ccccc2F)n1.O=C1NC(c2cc(-c3ccon3)n(Cc3ccccc3F)n2)=NCC1C(F)(F)F.O=c1[nH]c(-c2cc(-c3ccon3)n(Cc3ccccc3F)n2)ncc1C(F)(F)F. The van der Waals surface area contributed by atoms with Crippen molar-refractivity contribution in [1.82, 2.24) is 60.1 Å². The highest BCUT2D eigenvalue weighted by molar-refractivity contribution is 6.09. The number of aromatic amines is 1. The van der Waals surface area contributed by atoms with Gasteiger partial charge in [-0.25, -0.2) is 22.9 Å². The van der Waals surface area contributed by atoms with Gasteiger partial charge >= 0.3 is 24.5 Å². The highest BCUT2D eigenvalue weighted by Gasteiger charge is 2.47. The number of aliphatic carboxylic acids is 1. The molecule has 0 saturated heterocycles. The monoisotopic (exact) mass is 1240 g/mol. The Kier molecular flexibility index (Phi) is 18.8. The molecule has 7 aromatic heterocycles. The number of hydrogen-bond acceptors (Lipinski definition) is 15. The van der Waals surface area contributed by atoms with Crippen molar-refractivity contribution in [2.24, 2.45) is 16.6 Å². The van der Waals surface area contributed by atoms with Crippen LogP contribution in [0.2, 0.25) is 0 Å². The number of alkyl halides is 9. The molecule has 34 heteroatoms. The molecule has 1 atom stereocenters. The summed E-state index contributed by atoms with van der Waals surface area (Å²) in [6.45, 7) is 1.82. The second-order valence-corrected chi connectivity index (χ2v) is 18.1. The summed E-state index contributed by atoms with van der Waals surface area (Å²) in [4.78, 5) is 42.7. The van der Waals surface area contributed by atoms with Gasteiger partial charge < -0.3 is 34.7 Å². The van der Waals surface area contributed by atoms with Crippen molar-refractivity contribution < 1.29 is 80.9 Å². The molecule has 1 amide bonds. The average molecular weight is 1240 g/mol. The fourth-order valence-corrected chi connectivity index (χ4v) is 7.75. The lowest BCUT2D eigenvalue weighted by Gasteiger charge is -2.22. The number of carboxylic acids is 1. The van der Waals surface area contributed by atoms with Gasteiger partial charge in [0.2, 0.25) is 5.91 Å². The van der Waals surface area contributed by atoms with Crippen LogP contribution in [0.5, 0.6) is 0 Å². The van der Waals surface area contributed by atoms with Crippen LogP contribution in [-0.4, -0.2) is 102 Å². The van der Waals surface area contributed by atoms with Gasteiger partial charge in [-0.2, -0.15) is 54.8 Å². The Morgan fingerprint density at radius 2 is 1.08 bits per heavy atom. The zero-order valence-corrected chi connectivity index (χ0v) is 44.2. The number of hydrogen-bond donors (Lipinski definition) is 5. The van der Waals surface area contributed by atoms with Crippen molar-refractivity contribution >= 4 is 23.5 Å². The number of halogens is 12. The lowest BCUT2D eigenvalue weighted by Crippen LogP contribution is -2.47. The summed E-state index contributed by atoms with van der Waals surface area (Å²) in [5.41, 5.74) is 5.40. The number of carbonyl (C=O) groups excluding carboxylic acids is 1. The van der Waals surface area contributed by atoms with Crippen LogP contribution in [-0.2, 0) is 35.4 Å². The van der Waals surface area contributed by atoms with E-state index < -0.39 is 71.2 Å². The highest BCUT2D eigenvalue weighted by atomic mass is 19.4. The van der Waals surface area contributed by atoms with E-state index in [4.69, 9.17) is 29.8 Å². The van der Waals surface area contributed by atoms with Gasteiger partial charge in [0.15, 0.2) is 17.6 Å². The Morgan fingerprint density at radius 1 is 0.648 bits per heavy atom. The quantitative estimate of drug-likeness (QED) is 0.0311. The van der Waals surface area contributed by atoms with Crippen LogP contribution in [0.25, 0.3) is 45.7 Å². The maximum absolute atomic E-state index is 14.1. The molecule has 1 aliphatic rings. The predicted molar refractivity (Wildman–Crippen MR) is 281 cm³/mol. The van der Waals surface area contributed by atoms with Crippen molar-refractivity contribution in [3.63, 3.8) is 0 Å². The van der Waals surface area contributed by atoms with Gasteiger partial charge in [0.25, 0.3) is 5.56 Å². The third-order valence-electron chi connectivity index (χ3n) is 12.1. The van der Waals surface area contributed by atoms with Crippen molar-refractivity contribution in [3.05, 3.63) is 208 Å². The number of aliphatic imine (C=N–C) groups is 1. The van der Waals surface area contributed by atoms with Crippen molar-refractivity contribution in [1.29, 1.82) is 5.41 Å². The first kappa shape index (κ1) is 62.8. The van der Waals surface area contributed by atoms with Gasteiger partial charge in [-0.15, -0.1) is 0 Å². The minimum atomic E-state index is -4.82. The lowest BCUT2D eigenvalue weighted by atomic mass is 10.1. The van der Waals surface area contributed by atoms with E-state index in [1.807, 2.05) is 0 Å². The Morgan fingerprint density at radius 3 is 1.44 bits per heavy atom. The van der Waals surface area contributed by atoms with E-state index in [9.17, 15) is 67.1 Å². The van der Waals surface area contributed by atoms with Gasteiger partial charge in [-0.1, -0.05) is 76.6 Å². The van der Waals surface area contributed by atoms with Crippen LogP contribution in [0, 0.1) is 28.8 Å². The molecule has 0 bridgehead atoms. The van der Waals surface area contributed by atoms with Crippen LogP contribution in [0.3, 0.4) is 0 Å². The Hall–Kier alpha value is -11.2. The molecule has 0 fully saturated rings. The number of amidine groups is 2. The fourth-order valence-electron chi connectivity index (χ4n) is 7.75. The molecular weight excluding hydrogens is 1200 g/mol. The minimum absolute atomic E-state index is 0.0136. The van der Waals surface area contributed by atoms with E-state index in [1.165, 1.54) is 58.5 Å². The summed E-state index contributed by atoms with van der Waals surface area (Å²) in [7, 11) is 0. The number of amides is 1. The molecule has 88 heavy (non-hydrogen) atoms. The number of nitrogens with one attached hydrogen (secondary N) is 3.